The number of nitrogens with zero attached hydrogens (tertiary/aromatic N) is 2. The van der Waals surface area contributed by atoms with Gasteiger partial charge in [-0.3, -0.25) is 4.79 Å². The largest absolute Gasteiger partial charge is 0.325 e. The topological polar surface area (TPSA) is 65.8 Å². The number of carbonyl (C=O) groups is 1. The lowest BCUT2D eigenvalue weighted by atomic mass is 9.99. The summed E-state index contributed by atoms with van der Waals surface area (Å²) >= 11 is 1.29. The molecule has 0 spiro atoms. The molecule has 1 heterocycles. The first kappa shape index (κ1) is 23.3. The van der Waals surface area contributed by atoms with E-state index in [2.05, 4.69) is 25.2 Å². The SMILES string of the molecule is CC(C)c1ccccc1NC(=O)CSc1nc(-c2ccccc2)cc(-c2ccccc2)c1C#N. The van der Waals surface area contributed by atoms with E-state index in [1.807, 2.05) is 91.0 Å². The molecule has 0 bridgehead atoms. The van der Waals surface area contributed by atoms with Gasteiger partial charge in [-0.05, 0) is 29.2 Å². The van der Waals surface area contributed by atoms with E-state index in [1.54, 1.807) is 0 Å². The minimum atomic E-state index is -0.129. The van der Waals surface area contributed by atoms with Gasteiger partial charge in [0.1, 0.15) is 11.1 Å². The number of para-hydroxylation sites is 1. The number of anilines is 1. The maximum atomic E-state index is 12.8. The molecule has 0 aliphatic carbocycles. The summed E-state index contributed by atoms with van der Waals surface area (Å²) in [6, 6.07) is 31.8. The van der Waals surface area contributed by atoms with E-state index in [0.29, 0.717) is 16.5 Å². The summed E-state index contributed by atoms with van der Waals surface area (Å²) in [6.45, 7) is 4.20. The number of hydrogen-bond donors (Lipinski definition) is 1. The van der Waals surface area contributed by atoms with Crippen LogP contribution in [0.5, 0.6) is 0 Å². The second-order valence-electron chi connectivity index (χ2n) is 8.16. The van der Waals surface area contributed by atoms with Crippen molar-refractivity contribution in [2.45, 2.75) is 24.8 Å². The van der Waals surface area contributed by atoms with Gasteiger partial charge in [-0.2, -0.15) is 5.26 Å². The van der Waals surface area contributed by atoms with Crippen molar-refractivity contribution in [3.63, 3.8) is 0 Å². The predicted molar refractivity (Wildman–Crippen MR) is 140 cm³/mol. The fourth-order valence-electron chi connectivity index (χ4n) is 3.77. The normalized spacial score (nSPS) is 10.6. The number of amides is 1. The fourth-order valence-corrected chi connectivity index (χ4v) is 4.57. The van der Waals surface area contributed by atoms with E-state index in [1.165, 1.54) is 11.8 Å². The molecule has 1 amide bonds. The van der Waals surface area contributed by atoms with Crippen molar-refractivity contribution in [1.29, 1.82) is 5.26 Å². The van der Waals surface area contributed by atoms with Gasteiger partial charge in [0.25, 0.3) is 0 Å². The summed E-state index contributed by atoms with van der Waals surface area (Å²) in [4.78, 5) is 17.6. The number of thioether (sulfide) groups is 1. The van der Waals surface area contributed by atoms with Gasteiger partial charge < -0.3 is 5.32 Å². The standard InChI is InChI=1S/C29H25N3OS/c1-20(2)23-15-9-10-16-26(23)31-28(33)19-34-29-25(18-30)24(21-11-5-3-6-12-21)17-27(32-29)22-13-7-4-8-14-22/h3-17,20H,19H2,1-2H3,(H,31,33). The lowest BCUT2D eigenvalue weighted by molar-refractivity contribution is -0.113. The lowest BCUT2D eigenvalue weighted by Crippen LogP contribution is -2.16. The van der Waals surface area contributed by atoms with Crippen LogP contribution in [0.25, 0.3) is 22.4 Å². The van der Waals surface area contributed by atoms with E-state index in [4.69, 9.17) is 4.98 Å². The van der Waals surface area contributed by atoms with Crippen molar-refractivity contribution in [3.05, 3.63) is 102 Å². The van der Waals surface area contributed by atoms with Crippen LogP contribution in [0.1, 0.15) is 30.9 Å². The Morgan fingerprint density at radius 2 is 1.56 bits per heavy atom. The summed E-state index contributed by atoms with van der Waals surface area (Å²) in [7, 11) is 0. The van der Waals surface area contributed by atoms with Gasteiger partial charge in [-0.1, -0.05) is 104 Å². The molecule has 0 saturated heterocycles. The first-order valence-corrected chi connectivity index (χ1v) is 12.1. The van der Waals surface area contributed by atoms with Crippen LogP contribution in [-0.4, -0.2) is 16.6 Å². The number of aromatic nitrogens is 1. The molecular formula is C29H25N3OS. The maximum Gasteiger partial charge on any atom is 0.234 e. The molecule has 4 aromatic rings. The van der Waals surface area contributed by atoms with E-state index in [0.717, 1.165) is 33.6 Å². The van der Waals surface area contributed by atoms with Crippen LogP contribution >= 0.6 is 11.8 Å². The lowest BCUT2D eigenvalue weighted by Gasteiger charge is -2.14. The zero-order chi connectivity index (χ0) is 23.9. The van der Waals surface area contributed by atoms with E-state index >= 15 is 0 Å². The first-order chi connectivity index (χ1) is 16.6. The Morgan fingerprint density at radius 1 is 0.941 bits per heavy atom. The van der Waals surface area contributed by atoms with E-state index in [-0.39, 0.29) is 11.7 Å². The molecule has 34 heavy (non-hydrogen) atoms. The van der Waals surface area contributed by atoms with Gasteiger partial charge in [0.15, 0.2) is 0 Å². The van der Waals surface area contributed by atoms with Gasteiger partial charge in [0, 0.05) is 16.8 Å². The van der Waals surface area contributed by atoms with E-state index in [9.17, 15) is 10.1 Å². The van der Waals surface area contributed by atoms with Crippen molar-refractivity contribution in [1.82, 2.24) is 4.98 Å². The molecule has 0 fully saturated rings. The third kappa shape index (κ3) is 5.36. The van der Waals surface area contributed by atoms with Gasteiger partial charge in [0.05, 0.1) is 17.0 Å². The Hall–Kier alpha value is -3.88. The number of nitriles is 1. The Balaban J connectivity index is 1.66. The number of benzene rings is 3. The second kappa shape index (κ2) is 10.8. The zero-order valence-corrected chi connectivity index (χ0v) is 20.0. The van der Waals surface area contributed by atoms with Crippen LogP contribution < -0.4 is 5.32 Å². The first-order valence-electron chi connectivity index (χ1n) is 11.1. The van der Waals surface area contributed by atoms with Crippen molar-refractivity contribution >= 4 is 23.4 Å². The minimum Gasteiger partial charge on any atom is -0.325 e. The van der Waals surface area contributed by atoms with Crippen molar-refractivity contribution in [3.8, 4) is 28.5 Å². The summed E-state index contributed by atoms with van der Waals surface area (Å²) in [5.74, 6) is 0.322. The molecular weight excluding hydrogens is 438 g/mol. The number of hydrogen-bond acceptors (Lipinski definition) is 4. The highest BCUT2D eigenvalue weighted by molar-refractivity contribution is 8.00. The maximum absolute atomic E-state index is 12.8. The number of nitrogens with one attached hydrogen (secondary N) is 1. The van der Waals surface area contributed by atoms with Gasteiger partial charge in [-0.15, -0.1) is 0 Å². The molecule has 0 saturated carbocycles. The molecule has 0 aliphatic rings. The van der Waals surface area contributed by atoms with E-state index < -0.39 is 0 Å². The van der Waals surface area contributed by atoms with Gasteiger partial charge in [0.2, 0.25) is 5.91 Å². The molecule has 168 valence electrons. The summed E-state index contributed by atoms with van der Waals surface area (Å²) in [5.41, 5.74) is 5.87. The highest BCUT2D eigenvalue weighted by Crippen LogP contribution is 2.34. The third-order valence-corrected chi connectivity index (χ3v) is 6.42. The molecule has 5 heteroatoms. The Morgan fingerprint density at radius 3 is 2.21 bits per heavy atom. The molecule has 0 aliphatic heterocycles. The van der Waals surface area contributed by atoms with Gasteiger partial charge in [-0.25, -0.2) is 4.98 Å². The smallest absolute Gasteiger partial charge is 0.234 e. The van der Waals surface area contributed by atoms with Crippen LogP contribution in [0.2, 0.25) is 0 Å². The quantitative estimate of drug-likeness (QED) is 0.296. The average Bonchev–Trinajstić information content (AvgIpc) is 2.88. The van der Waals surface area contributed by atoms with Crippen LogP contribution in [0.15, 0.2) is 96.0 Å². The van der Waals surface area contributed by atoms with Crippen LogP contribution in [-0.2, 0) is 4.79 Å². The monoisotopic (exact) mass is 463 g/mol. The molecule has 1 N–H and O–H groups in total. The van der Waals surface area contributed by atoms with Crippen molar-refractivity contribution in [2.75, 3.05) is 11.1 Å². The number of pyridine rings is 1. The summed E-state index contributed by atoms with van der Waals surface area (Å²) in [6.07, 6.45) is 0. The van der Waals surface area contributed by atoms with Crippen LogP contribution in [0.3, 0.4) is 0 Å². The fraction of sp³-hybridized carbons (Fsp3) is 0.138. The summed E-state index contributed by atoms with van der Waals surface area (Å²) in [5, 5.41) is 13.6. The van der Waals surface area contributed by atoms with Crippen molar-refractivity contribution in [2.24, 2.45) is 0 Å². The van der Waals surface area contributed by atoms with Crippen molar-refractivity contribution < 1.29 is 4.79 Å². The second-order valence-corrected chi connectivity index (χ2v) is 9.12. The number of rotatable bonds is 7. The zero-order valence-electron chi connectivity index (χ0n) is 19.2. The molecule has 3 aromatic carbocycles. The van der Waals surface area contributed by atoms with Crippen LogP contribution in [0, 0.1) is 11.3 Å². The molecule has 4 nitrogen and oxygen atoms in total. The highest BCUT2D eigenvalue weighted by atomic mass is 32.2. The third-order valence-electron chi connectivity index (χ3n) is 5.45. The highest BCUT2D eigenvalue weighted by Gasteiger charge is 2.17. The minimum absolute atomic E-state index is 0.129. The molecule has 4 rings (SSSR count). The van der Waals surface area contributed by atoms with Gasteiger partial charge >= 0.3 is 0 Å². The molecule has 1 aromatic heterocycles. The Bertz CT molecular complexity index is 1330. The molecule has 0 unspecified atom stereocenters. The summed E-state index contributed by atoms with van der Waals surface area (Å²) < 4.78 is 0. The Labute approximate surface area is 204 Å². The molecule has 0 atom stereocenters. The predicted octanol–water partition coefficient (Wildman–Crippen LogP) is 7.14. The number of carbonyl (C=O) groups excluding carboxylic acids is 1. The molecule has 0 radical (unpaired) electrons. The van der Waals surface area contributed by atoms with Crippen LogP contribution in [0.4, 0.5) is 5.69 Å². The average molecular weight is 464 g/mol. The Kier molecular flexibility index (Phi) is 7.41.